The van der Waals surface area contributed by atoms with Crippen LogP contribution in [0.4, 0.5) is 10.1 Å². The van der Waals surface area contributed by atoms with Gasteiger partial charge in [0.05, 0.1) is 21.2 Å². The van der Waals surface area contributed by atoms with Crippen molar-refractivity contribution in [3.8, 4) is 0 Å². The van der Waals surface area contributed by atoms with Crippen molar-refractivity contribution in [1.29, 1.82) is 0 Å². The molecule has 4 aromatic rings. The molecular weight excluding hydrogens is 552 g/mol. The van der Waals surface area contributed by atoms with E-state index in [1.807, 2.05) is 6.92 Å². The van der Waals surface area contributed by atoms with Gasteiger partial charge in [-0.1, -0.05) is 47.0 Å². The van der Waals surface area contributed by atoms with Crippen molar-refractivity contribution >= 4 is 71.4 Å². The fourth-order valence-corrected chi connectivity index (χ4v) is 5.53. The Labute approximate surface area is 208 Å². The van der Waals surface area contributed by atoms with Crippen LogP contribution in [0.1, 0.15) is 21.5 Å². The smallest absolute Gasteiger partial charge is 0.261 e. The molecular formula is C24H15BrCl2FNO3S. The average Bonchev–Trinajstić information content (AvgIpc) is 2.76. The van der Waals surface area contributed by atoms with Gasteiger partial charge in [-0.25, -0.2) is 12.8 Å². The Bertz CT molecular complexity index is 1520. The fraction of sp³-hybridized carbons (Fsp3) is 0.0417. The second-order valence-corrected chi connectivity index (χ2v) is 10.7. The van der Waals surface area contributed by atoms with Crippen LogP contribution in [0.3, 0.4) is 0 Å². The molecule has 168 valence electrons. The van der Waals surface area contributed by atoms with E-state index < -0.39 is 21.6 Å². The van der Waals surface area contributed by atoms with Crippen molar-refractivity contribution < 1.29 is 17.6 Å². The van der Waals surface area contributed by atoms with Crippen molar-refractivity contribution in [2.24, 2.45) is 0 Å². The third-order valence-corrected chi connectivity index (χ3v) is 7.79. The van der Waals surface area contributed by atoms with Gasteiger partial charge in [0.1, 0.15) is 5.82 Å². The molecule has 0 unspecified atom stereocenters. The van der Waals surface area contributed by atoms with Crippen molar-refractivity contribution in [1.82, 2.24) is 0 Å². The molecule has 4 rings (SSSR count). The molecule has 0 aromatic heterocycles. The molecule has 0 atom stereocenters. The normalized spacial score (nSPS) is 11.5. The highest BCUT2D eigenvalue weighted by molar-refractivity contribution is 9.10. The van der Waals surface area contributed by atoms with Crippen LogP contribution in [-0.4, -0.2) is 14.2 Å². The summed E-state index contributed by atoms with van der Waals surface area (Å²) in [5, 5.41) is 1.68. The van der Waals surface area contributed by atoms with E-state index in [1.165, 1.54) is 24.3 Å². The van der Waals surface area contributed by atoms with Crippen LogP contribution in [0.5, 0.6) is 0 Å². The summed E-state index contributed by atoms with van der Waals surface area (Å²) in [6.45, 7) is 1.84. The van der Waals surface area contributed by atoms with Gasteiger partial charge in [-0.3, -0.25) is 9.52 Å². The lowest BCUT2D eigenvalue weighted by molar-refractivity contribution is 0.103. The van der Waals surface area contributed by atoms with Crippen LogP contribution < -0.4 is 4.72 Å². The monoisotopic (exact) mass is 565 g/mol. The molecule has 0 aliphatic rings. The summed E-state index contributed by atoms with van der Waals surface area (Å²) in [5.41, 5.74) is 0.793. The Morgan fingerprint density at radius 1 is 0.970 bits per heavy atom. The van der Waals surface area contributed by atoms with E-state index >= 15 is 0 Å². The summed E-state index contributed by atoms with van der Waals surface area (Å²) in [6, 6.07) is 16.2. The second-order valence-electron chi connectivity index (χ2n) is 7.35. The van der Waals surface area contributed by atoms with Gasteiger partial charge in [0.25, 0.3) is 10.0 Å². The highest BCUT2D eigenvalue weighted by atomic mass is 79.9. The van der Waals surface area contributed by atoms with Crippen LogP contribution in [-0.2, 0) is 10.0 Å². The summed E-state index contributed by atoms with van der Waals surface area (Å²) < 4.78 is 42.9. The number of hydrogen-bond acceptors (Lipinski definition) is 3. The van der Waals surface area contributed by atoms with Crippen LogP contribution >= 0.6 is 39.1 Å². The number of rotatable bonds is 5. The third-order valence-electron chi connectivity index (χ3n) is 5.02. The van der Waals surface area contributed by atoms with E-state index in [0.717, 1.165) is 17.7 Å². The van der Waals surface area contributed by atoms with E-state index in [4.69, 9.17) is 23.2 Å². The Kier molecular flexibility index (Phi) is 6.51. The van der Waals surface area contributed by atoms with Crippen LogP contribution in [0.15, 0.2) is 76.1 Å². The van der Waals surface area contributed by atoms with Gasteiger partial charge in [-0.15, -0.1) is 0 Å². The first-order chi connectivity index (χ1) is 15.6. The van der Waals surface area contributed by atoms with Crippen LogP contribution in [0.2, 0.25) is 10.0 Å². The molecule has 0 spiro atoms. The van der Waals surface area contributed by atoms with E-state index in [-0.39, 0.29) is 26.7 Å². The Morgan fingerprint density at radius 3 is 2.36 bits per heavy atom. The number of fused-ring (bicyclic) bond motifs is 1. The molecule has 0 saturated carbocycles. The first-order valence-corrected chi connectivity index (χ1v) is 12.6. The molecule has 0 aliphatic heterocycles. The Morgan fingerprint density at radius 2 is 1.67 bits per heavy atom. The maximum Gasteiger partial charge on any atom is 0.261 e. The zero-order valence-corrected chi connectivity index (χ0v) is 20.9. The molecule has 0 radical (unpaired) electrons. The molecule has 0 fully saturated rings. The maximum atomic E-state index is 13.9. The minimum atomic E-state index is -4.04. The van der Waals surface area contributed by atoms with Crippen molar-refractivity contribution in [3.63, 3.8) is 0 Å². The number of carbonyl (C=O) groups is 1. The van der Waals surface area contributed by atoms with E-state index in [9.17, 15) is 17.6 Å². The number of anilines is 1. The Balaban J connectivity index is 1.95. The number of ketones is 1. The number of hydrogen-bond donors (Lipinski definition) is 1. The number of halogens is 4. The van der Waals surface area contributed by atoms with Gasteiger partial charge in [0.15, 0.2) is 5.78 Å². The third kappa shape index (κ3) is 4.77. The van der Waals surface area contributed by atoms with E-state index in [2.05, 4.69) is 20.7 Å². The SMILES string of the molecule is Cc1ccc(S(=O)(=O)Nc2cc3ccc(Cl)cc3c(Br)c2C(=O)c2cc(F)ccc2Cl)cc1. The van der Waals surface area contributed by atoms with Gasteiger partial charge in [0.2, 0.25) is 0 Å². The van der Waals surface area contributed by atoms with Gasteiger partial charge in [-0.2, -0.15) is 0 Å². The molecule has 4 nitrogen and oxygen atoms in total. The average molecular weight is 567 g/mol. The molecule has 0 bridgehead atoms. The highest BCUT2D eigenvalue weighted by Gasteiger charge is 2.25. The number of sulfonamides is 1. The number of carbonyl (C=O) groups excluding carboxylic acids is 1. The summed E-state index contributed by atoms with van der Waals surface area (Å²) in [4.78, 5) is 13.5. The first-order valence-electron chi connectivity index (χ1n) is 9.58. The maximum absolute atomic E-state index is 13.9. The Hall–Kier alpha value is -2.45. The van der Waals surface area contributed by atoms with Gasteiger partial charge in [0, 0.05) is 15.1 Å². The summed E-state index contributed by atoms with van der Waals surface area (Å²) in [7, 11) is -4.04. The molecule has 0 heterocycles. The molecule has 0 aliphatic carbocycles. The molecule has 33 heavy (non-hydrogen) atoms. The predicted octanol–water partition coefficient (Wildman–Crippen LogP) is 7.39. The lowest BCUT2D eigenvalue weighted by Gasteiger charge is -2.17. The molecule has 9 heteroatoms. The number of nitrogens with one attached hydrogen (secondary N) is 1. The molecule has 4 aromatic carbocycles. The highest BCUT2D eigenvalue weighted by Crippen LogP contribution is 2.38. The van der Waals surface area contributed by atoms with Crippen molar-refractivity contribution in [2.75, 3.05) is 4.72 Å². The minimum absolute atomic E-state index is 0.0163. The van der Waals surface area contributed by atoms with E-state index in [0.29, 0.717) is 20.3 Å². The zero-order valence-electron chi connectivity index (χ0n) is 17.0. The summed E-state index contributed by atoms with van der Waals surface area (Å²) in [6.07, 6.45) is 0. The van der Waals surface area contributed by atoms with Gasteiger partial charge < -0.3 is 0 Å². The molecule has 0 saturated heterocycles. The lowest BCUT2D eigenvalue weighted by atomic mass is 9.98. The van der Waals surface area contributed by atoms with Crippen LogP contribution in [0, 0.1) is 12.7 Å². The largest absolute Gasteiger partial charge is 0.288 e. The standard InChI is InChI=1S/C24H15BrCl2FNO3S/c1-13-2-7-17(8-3-13)33(31,32)29-21-10-14-4-5-15(26)11-18(14)23(25)22(21)24(30)19-12-16(28)6-9-20(19)27/h2-12,29H,1H3. The zero-order chi connectivity index (χ0) is 23.9. The minimum Gasteiger partial charge on any atom is -0.288 e. The summed E-state index contributed by atoms with van der Waals surface area (Å²) in [5.74, 6) is -1.31. The first kappa shape index (κ1) is 23.7. The van der Waals surface area contributed by atoms with Crippen molar-refractivity contribution in [3.05, 3.63) is 104 Å². The predicted molar refractivity (Wildman–Crippen MR) is 133 cm³/mol. The molecule has 0 amide bonds. The number of aryl methyl sites for hydroxylation is 1. The summed E-state index contributed by atoms with van der Waals surface area (Å²) >= 11 is 15.7. The second kappa shape index (κ2) is 9.06. The van der Waals surface area contributed by atoms with Crippen molar-refractivity contribution in [2.45, 2.75) is 11.8 Å². The van der Waals surface area contributed by atoms with Gasteiger partial charge in [-0.05, 0) is 82.2 Å². The fourth-order valence-electron chi connectivity index (χ4n) is 3.35. The van der Waals surface area contributed by atoms with E-state index in [1.54, 1.807) is 30.3 Å². The van der Waals surface area contributed by atoms with Gasteiger partial charge >= 0.3 is 0 Å². The molecule has 1 N–H and O–H groups in total. The van der Waals surface area contributed by atoms with Crippen LogP contribution in [0.25, 0.3) is 10.8 Å². The topological polar surface area (TPSA) is 63.2 Å². The number of benzene rings is 4. The lowest BCUT2D eigenvalue weighted by Crippen LogP contribution is -2.17. The quantitative estimate of drug-likeness (QED) is 0.256.